The van der Waals surface area contributed by atoms with Gasteiger partial charge >= 0.3 is 0 Å². The molecule has 0 heteroatoms. The first-order valence-electron chi connectivity index (χ1n) is 9.47. The van der Waals surface area contributed by atoms with Crippen molar-refractivity contribution >= 4 is 10.8 Å². The molecule has 3 aromatic carbocycles. The fourth-order valence-corrected chi connectivity index (χ4v) is 4.51. The molecule has 0 saturated carbocycles. The highest BCUT2D eigenvalue weighted by Crippen LogP contribution is 2.53. The smallest absolute Gasteiger partial charge is 0.00206 e. The summed E-state index contributed by atoms with van der Waals surface area (Å²) in [6.45, 7) is 9.15. The summed E-state index contributed by atoms with van der Waals surface area (Å²) in [5.74, 6) is 0. The first kappa shape index (κ1) is 15.4. The van der Waals surface area contributed by atoms with Crippen LogP contribution in [0.4, 0.5) is 0 Å². The van der Waals surface area contributed by atoms with Gasteiger partial charge in [0.15, 0.2) is 0 Å². The predicted octanol–water partition coefficient (Wildman–Crippen LogP) is 6.74. The van der Waals surface area contributed by atoms with Crippen molar-refractivity contribution in [1.29, 1.82) is 0 Å². The Morgan fingerprint density at radius 2 is 0.792 bits per heavy atom. The maximum atomic E-state index is 2.37. The molecule has 0 amide bonds. The Labute approximate surface area is 145 Å². The van der Waals surface area contributed by atoms with E-state index in [2.05, 4.69) is 64.1 Å². The molecule has 0 fully saturated rings. The second-order valence-corrected chi connectivity index (χ2v) is 6.85. The van der Waals surface area contributed by atoms with Gasteiger partial charge in [0.1, 0.15) is 0 Å². The van der Waals surface area contributed by atoms with Crippen LogP contribution in [0.15, 0.2) is 36.4 Å². The SMILES string of the molecule is CCc1ccc(CC)c2c1-c1c(CC)ccc3ccc(CC)c-2c13. The van der Waals surface area contributed by atoms with Crippen molar-refractivity contribution in [2.45, 2.75) is 53.4 Å². The van der Waals surface area contributed by atoms with Crippen molar-refractivity contribution in [1.82, 2.24) is 0 Å². The molecule has 0 saturated heterocycles. The van der Waals surface area contributed by atoms with Crippen LogP contribution in [0.3, 0.4) is 0 Å². The predicted molar refractivity (Wildman–Crippen MR) is 106 cm³/mol. The van der Waals surface area contributed by atoms with Gasteiger partial charge in [-0.15, -0.1) is 0 Å². The third-order valence-corrected chi connectivity index (χ3v) is 5.76. The van der Waals surface area contributed by atoms with Gasteiger partial charge in [-0.25, -0.2) is 0 Å². The average molecular weight is 314 g/mol. The van der Waals surface area contributed by atoms with E-state index in [1.807, 2.05) is 0 Å². The third kappa shape index (κ3) is 1.92. The maximum Gasteiger partial charge on any atom is -0.00206 e. The van der Waals surface area contributed by atoms with Crippen LogP contribution >= 0.6 is 0 Å². The molecule has 0 spiro atoms. The fraction of sp³-hybridized carbons (Fsp3) is 0.333. The zero-order chi connectivity index (χ0) is 16.8. The number of hydrogen-bond acceptors (Lipinski definition) is 0. The van der Waals surface area contributed by atoms with Gasteiger partial charge in [-0.3, -0.25) is 0 Å². The van der Waals surface area contributed by atoms with Gasteiger partial charge in [-0.2, -0.15) is 0 Å². The molecule has 122 valence electrons. The molecule has 0 unspecified atom stereocenters. The molecule has 0 N–H and O–H groups in total. The van der Waals surface area contributed by atoms with Gasteiger partial charge in [-0.05, 0) is 81.0 Å². The number of hydrogen-bond donors (Lipinski definition) is 0. The molecule has 0 radical (unpaired) electrons. The second-order valence-electron chi connectivity index (χ2n) is 6.85. The molecule has 0 nitrogen and oxygen atoms in total. The summed E-state index contributed by atoms with van der Waals surface area (Å²) >= 11 is 0. The normalized spacial score (nSPS) is 12.0. The summed E-state index contributed by atoms with van der Waals surface area (Å²) < 4.78 is 0. The summed E-state index contributed by atoms with van der Waals surface area (Å²) in [5.41, 5.74) is 12.1. The highest BCUT2D eigenvalue weighted by Gasteiger charge is 2.29. The van der Waals surface area contributed by atoms with Crippen molar-refractivity contribution < 1.29 is 0 Å². The zero-order valence-electron chi connectivity index (χ0n) is 15.3. The minimum Gasteiger partial charge on any atom is -0.0613 e. The molecule has 0 bridgehead atoms. The van der Waals surface area contributed by atoms with Crippen LogP contribution in [0.2, 0.25) is 0 Å². The number of benzene rings is 3. The van der Waals surface area contributed by atoms with Crippen molar-refractivity contribution in [3.63, 3.8) is 0 Å². The Balaban J connectivity index is 2.27. The summed E-state index contributed by atoms with van der Waals surface area (Å²) in [6.07, 6.45) is 4.39. The summed E-state index contributed by atoms with van der Waals surface area (Å²) in [7, 11) is 0. The van der Waals surface area contributed by atoms with Crippen LogP contribution in [-0.4, -0.2) is 0 Å². The Bertz CT molecular complexity index is 870. The minimum atomic E-state index is 1.10. The first-order valence-corrected chi connectivity index (χ1v) is 9.47. The molecule has 4 rings (SSSR count). The Hall–Kier alpha value is -2.08. The lowest BCUT2D eigenvalue weighted by Crippen LogP contribution is -1.95. The molecule has 1 aliphatic rings. The molecule has 0 heterocycles. The maximum absolute atomic E-state index is 2.37. The zero-order valence-corrected chi connectivity index (χ0v) is 15.3. The van der Waals surface area contributed by atoms with Gasteiger partial charge in [0.2, 0.25) is 0 Å². The molecule has 0 aromatic heterocycles. The van der Waals surface area contributed by atoms with Crippen LogP contribution in [0.1, 0.15) is 49.9 Å². The monoisotopic (exact) mass is 314 g/mol. The number of rotatable bonds is 4. The van der Waals surface area contributed by atoms with Crippen LogP contribution in [0, 0.1) is 0 Å². The van der Waals surface area contributed by atoms with E-state index < -0.39 is 0 Å². The summed E-state index contributed by atoms with van der Waals surface area (Å²) in [6, 6.07) is 14.1. The largest absolute Gasteiger partial charge is 0.0613 e. The lowest BCUT2D eigenvalue weighted by molar-refractivity contribution is 1.10. The van der Waals surface area contributed by atoms with Crippen LogP contribution in [-0.2, 0) is 25.7 Å². The molecular weight excluding hydrogens is 288 g/mol. The molecular formula is C24H26. The van der Waals surface area contributed by atoms with E-state index in [-0.39, 0.29) is 0 Å². The molecule has 24 heavy (non-hydrogen) atoms. The van der Waals surface area contributed by atoms with Gasteiger partial charge in [0, 0.05) is 0 Å². The molecule has 0 atom stereocenters. The third-order valence-electron chi connectivity index (χ3n) is 5.76. The van der Waals surface area contributed by atoms with Crippen LogP contribution in [0.5, 0.6) is 0 Å². The van der Waals surface area contributed by atoms with E-state index in [4.69, 9.17) is 0 Å². The Morgan fingerprint density at radius 1 is 0.458 bits per heavy atom. The van der Waals surface area contributed by atoms with Gasteiger partial charge in [0.25, 0.3) is 0 Å². The number of aryl methyl sites for hydroxylation is 4. The lowest BCUT2D eigenvalue weighted by Gasteiger charge is -2.15. The average Bonchev–Trinajstić information content (AvgIpc) is 3.00. The Kier molecular flexibility index (Phi) is 3.72. The van der Waals surface area contributed by atoms with E-state index in [0.29, 0.717) is 0 Å². The quantitative estimate of drug-likeness (QED) is 0.391. The van der Waals surface area contributed by atoms with E-state index in [9.17, 15) is 0 Å². The van der Waals surface area contributed by atoms with E-state index in [0.717, 1.165) is 25.7 Å². The topological polar surface area (TPSA) is 0 Å². The first-order chi connectivity index (χ1) is 11.7. The fourth-order valence-electron chi connectivity index (χ4n) is 4.51. The van der Waals surface area contributed by atoms with Crippen molar-refractivity contribution in [3.05, 3.63) is 58.7 Å². The van der Waals surface area contributed by atoms with Crippen molar-refractivity contribution in [2.24, 2.45) is 0 Å². The van der Waals surface area contributed by atoms with Crippen LogP contribution < -0.4 is 0 Å². The highest BCUT2D eigenvalue weighted by molar-refractivity contribution is 6.18. The lowest BCUT2D eigenvalue weighted by atomic mass is 9.89. The summed E-state index contributed by atoms with van der Waals surface area (Å²) in [4.78, 5) is 0. The summed E-state index contributed by atoms with van der Waals surface area (Å²) in [5, 5.41) is 2.91. The molecule has 3 aromatic rings. The highest BCUT2D eigenvalue weighted by atomic mass is 14.3. The van der Waals surface area contributed by atoms with E-state index >= 15 is 0 Å². The number of fused-ring (bicyclic) bond motifs is 3. The minimum absolute atomic E-state index is 1.10. The van der Waals surface area contributed by atoms with Crippen molar-refractivity contribution in [2.75, 3.05) is 0 Å². The van der Waals surface area contributed by atoms with E-state index in [1.165, 1.54) is 55.3 Å². The van der Waals surface area contributed by atoms with Gasteiger partial charge in [0.05, 0.1) is 0 Å². The molecule has 1 aliphatic carbocycles. The van der Waals surface area contributed by atoms with Crippen LogP contribution in [0.25, 0.3) is 33.0 Å². The van der Waals surface area contributed by atoms with Gasteiger partial charge < -0.3 is 0 Å². The van der Waals surface area contributed by atoms with Crippen molar-refractivity contribution in [3.8, 4) is 22.3 Å². The standard InChI is InChI=1S/C24H26/c1-5-15-9-10-16(6-2)21-20(15)22-17(7-3)11-13-19-14-12-18(8-4)23(21)24(19)22/h9-14H,5-8H2,1-4H3. The van der Waals surface area contributed by atoms with E-state index in [1.54, 1.807) is 0 Å². The second kappa shape index (κ2) is 5.77. The Morgan fingerprint density at radius 3 is 1.17 bits per heavy atom. The molecule has 0 aliphatic heterocycles. The van der Waals surface area contributed by atoms with Gasteiger partial charge in [-0.1, -0.05) is 64.1 Å².